The second-order valence-corrected chi connectivity index (χ2v) is 6.92. The Labute approximate surface area is 96.7 Å². The molecule has 0 aliphatic heterocycles. The minimum Gasteiger partial charge on any atom is -0.105 e. The fourth-order valence-corrected chi connectivity index (χ4v) is 2.42. The van der Waals surface area contributed by atoms with Crippen LogP contribution in [-0.4, -0.2) is 0 Å². The number of benzene rings is 1. The monoisotopic (exact) mass is 222 g/mol. The summed E-state index contributed by atoms with van der Waals surface area (Å²) in [5.74, 6) is 0. The normalized spacial score (nSPS) is 13.0. The fraction of sp³-hybridized carbons (Fsp3) is 0.571. The summed E-state index contributed by atoms with van der Waals surface area (Å²) in [4.78, 5) is 0. The number of hydrogen-bond donors (Lipinski definition) is 0. The van der Waals surface area contributed by atoms with Gasteiger partial charge in [0, 0.05) is 0 Å². The first kappa shape index (κ1) is 12.7. The van der Waals surface area contributed by atoms with Crippen molar-refractivity contribution in [2.75, 3.05) is 0 Å². The molecule has 1 atom stereocenters. The first-order valence-corrected chi connectivity index (χ1v) is 6.10. The van der Waals surface area contributed by atoms with Crippen molar-refractivity contribution < 1.29 is 0 Å². The average molecular weight is 222 g/mol. The molecule has 1 unspecified atom stereocenters. The standard InChI is InChI=1S/C14H23P/c1-13(2,3)10-7-8-11(12(15)9-10)14(4,5)6/h7-9H,15H2,1-6H3. The Morgan fingerprint density at radius 1 is 0.867 bits per heavy atom. The third-order valence-electron chi connectivity index (χ3n) is 2.73. The van der Waals surface area contributed by atoms with E-state index < -0.39 is 0 Å². The summed E-state index contributed by atoms with van der Waals surface area (Å²) in [5, 5.41) is 1.33. The summed E-state index contributed by atoms with van der Waals surface area (Å²) in [6.07, 6.45) is 0. The first-order chi connectivity index (χ1) is 6.62. The summed E-state index contributed by atoms with van der Waals surface area (Å²) in [6.45, 7) is 13.5. The van der Waals surface area contributed by atoms with Crippen LogP contribution in [0.2, 0.25) is 0 Å². The van der Waals surface area contributed by atoms with Crippen LogP contribution in [-0.2, 0) is 10.8 Å². The Bertz CT molecular complexity index is 351. The van der Waals surface area contributed by atoms with Gasteiger partial charge in [-0.05, 0) is 27.3 Å². The Hall–Kier alpha value is -0.350. The van der Waals surface area contributed by atoms with E-state index in [4.69, 9.17) is 0 Å². The van der Waals surface area contributed by atoms with Crippen LogP contribution < -0.4 is 5.30 Å². The maximum atomic E-state index is 2.87. The van der Waals surface area contributed by atoms with E-state index in [-0.39, 0.29) is 10.8 Å². The first-order valence-electron chi connectivity index (χ1n) is 5.53. The Balaban J connectivity index is 3.21. The van der Waals surface area contributed by atoms with Crippen molar-refractivity contribution in [1.29, 1.82) is 0 Å². The van der Waals surface area contributed by atoms with E-state index in [1.807, 2.05) is 0 Å². The highest BCUT2D eigenvalue weighted by atomic mass is 31.0. The summed E-state index contributed by atoms with van der Waals surface area (Å²) in [7, 11) is 2.87. The molecule has 0 N–H and O–H groups in total. The van der Waals surface area contributed by atoms with E-state index >= 15 is 0 Å². The van der Waals surface area contributed by atoms with Crippen molar-refractivity contribution in [2.24, 2.45) is 0 Å². The molecule has 84 valence electrons. The lowest BCUT2D eigenvalue weighted by atomic mass is 9.82. The van der Waals surface area contributed by atoms with Gasteiger partial charge in [0.2, 0.25) is 0 Å². The summed E-state index contributed by atoms with van der Waals surface area (Å²) in [5.41, 5.74) is 3.29. The Kier molecular flexibility index (Phi) is 3.31. The molecule has 1 aromatic carbocycles. The van der Waals surface area contributed by atoms with Gasteiger partial charge in [0.1, 0.15) is 0 Å². The van der Waals surface area contributed by atoms with Crippen molar-refractivity contribution >= 4 is 14.5 Å². The van der Waals surface area contributed by atoms with Gasteiger partial charge < -0.3 is 0 Å². The fourth-order valence-electron chi connectivity index (χ4n) is 1.71. The SMILES string of the molecule is CC(C)(C)c1ccc(C(C)(C)C)c(P)c1. The lowest BCUT2D eigenvalue weighted by molar-refractivity contribution is 0.580. The van der Waals surface area contributed by atoms with E-state index in [0.29, 0.717) is 0 Å². The molecule has 1 aromatic rings. The Morgan fingerprint density at radius 2 is 1.40 bits per heavy atom. The zero-order valence-electron chi connectivity index (χ0n) is 10.8. The van der Waals surface area contributed by atoms with Crippen LogP contribution in [0.5, 0.6) is 0 Å². The quantitative estimate of drug-likeness (QED) is 0.586. The minimum absolute atomic E-state index is 0.230. The molecule has 0 heterocycles. The van der Waals surface area contributed by atoms with Crippen LogP contribution in [0.3, 0.4) is 0 Å². The van der Waals surface area contributed by atoms with Gasteiger partial charge in [0.25, 0.3) is 0 Å². The highest BCUT2D eigenvalue weighted by Gasteiger charge is 2.19. The molecule has 15 heavy (non-hydrogen) atoms. The van der Waals surface area contributed by atoms with Crippen molar-refractivity contribution in [3.63, 3.8) is 0 Å². The smallest absolute Gasteiger partial charge is 0.0126 e. The van der Waals surface area contributed by atoms with Crippen LogP contribution in [0, 0.1) is 0 Å². The molecule has 0 spiro atoms. The van der Waals surface area contributed by atoms with Gasteiger partial charge in [-0.3, -0.25) is 0 Å². The molecular weight excluding hydrogens is 199 g/mol. The molecule has 0 saturated carbocycles. The maximum absolute atomic E-state index is 2.87. The number of rotatable bonds is 0. The van der Waals surface area contributed by atoms with Crippen LogP contribution in [0.4, 0.5) is 0 Å². The minimum atomic E-state index is 0.230. The van der Waals surface area contributed by atoms with Crippen LogP contribution in [0.25, 0.3) is 0 Å². The lowest BCUT2D eigenvalue weighted by Gasteiger charge is -2.25. The second kappa shape index (κ2) is 3.91. The molecular formula is C14H23P. The maximum Gasteiger partial charge on any atom is -0.0126 e. The molecule has 1 heteroatoms. The van der Waals surface area contributed by atoms with Gasteiger partial charge >= 0.3 is 0 Å². The molecule has 0 aliphatic carbocycles. The summed E-state index contributed by atoms with van der Waals surface area (Å²) in [6, 6.07) is 6.82. The lowest BCUT2D eigenvalue weighted by Crippen LogP contribution is -2.21. The van der Waals surface area contributed by atoms with Crippen molar-refractivity contribution in [3.8, 4) is 0 Å². The van der Waals surface area contributed by atoms with Gasteiger partial charge in [-0.25, -0.2) is 0 Å². The molecule has 0 fully saturated rings. The molecule has 0 bridgehead atoms. The van der Waals surface area contributed by atoms with Gasteiger partial charge in [0.15, 0.2) is 0 Å². The average Bonchev–Trinajstić information content (AvgIpc) is 1.99. The molecule has 0 aliphatic rings. The molecule has 0 saturated heterocycles. The molecule has 0 amide bonds. The third-order valence-corrected chi connectivity index (χ3v) is 3.20. The van der Waals surface area contributed by atoms with Crippen LogP contribution in [0.1, 0.15) is 52.7 Å². The van der Waals surface area contributed by atoms with Crippen LogP contribution >= 0.6 is 9.24 Å². The molecule has 0 radical (unpaired) electrons. The largest absolute Gasteiger partial charge is 0.105 e. The predicted octanol–water partition coefficient (Wildman–Crippen LogP) is 3.78. The van der Waals surface area contributed by atoms with Gasteiger partial charge in [-0.2, -0.15) is 0 Å². The third kappa shape index (κ3) is 3.05. The van der Waals surface area contributed by atoms with Gasteiger partial charge in [0.05, 0.1) is 0 Å². The van der Waals surface area contributed by atoms with Crippen LogP contribution in [0.15, 0.2) is 18.2 Å². The highest BCUT2D eigenvalue weighted by Crippen LogP contribution is 2.27. The van der Waals surface area contributed by atoms with E-state index in [0.717, 1.165) is 0 Å². The van der Waals surface area contributed by atoms with Crippen molar-refractivity contribution in [2.45, 2.75) is 52.4 Å². The second-order valence-electron chi connectivity index (χ2n) is 6.30. The van der Waals surface area contributed by atoms with E-state index in [2.05, 4.69) is 69.0 Å². The van der Waals surface area contributed by atoms with E-state index in [1.54, 1.807) is 0 Å². The molecule has 0 aromatic heterocycles. The topological polar surface area (TPSA) is 0 Å². The zero-order chi connectivity index (χ0) is 11.9. The zero-order valence-corrected chi connectivity index (χ0v) is 12.0. The number of hydrogen-bond acceptors (Lipinski definition) is 0. The van der Waals surface area contributed by atoms with Gasteiger partial charge in [-0.1, -0.05) is 59.7 Å². The Morgan fingerprint density at radius 3 is 1.73 bits per heavy atom. The predicted molar refractivity (Wildman–Crippen MR) is 73.2 cm³/mol. The summed E-state index contributed by atoms with van der Waals surface area (Å²) < 4.78 is 0. The van der Waals surface area contributed by atoms with Gasteiger partial charge in [-0.15, -0.1) is 9.24 Å². The molecule has 0 nitrogen and oxygen atoms in total. The van der Waals surface area contributed by atoms with E-state index in [9.17, 15) is 0 Å². The molecule has 1 rings (SSSR count). The highest BCUT2D eigenvalue weighted by molar-refractivity contribution is 7.27. The van der Waals surface area contributed by atoms with E-state index in [1.165, 1.54) is 16.4 Å². The van der Waals surface area contributed by atoms with Crippen molar-refractivity contribution in [3.05, 3.63) is 29.3 Å². The van der Waals surface area contributed by atoms with Crippen molar-refractivity contribution in [1.82, 2.24) is 0 Å². The summed E-state index contributed by atoms with van der Waals surface area (Å²) >= 11 is 0.